The summed E-state index contributed by atoms with van der Waals surface area (Å²) in [5, 5.41) is 10.2. The first-order valence-electron chi connectivity index (χ1n) is 19.1. The van der Waals surface area contributed by atoms with Gasteiger partial charge in [-0.05, 0) is 95.7 Å². The first-order valence-corrected chi connectivity index (χ1v) is 19.9. The molecule has 12 rings (SSSR count). The third kappa shape index (κ3) is 4.63. The van der Waals surface area contributed by atoms with Gasteiger partial charge >= 0.3 is 0 Å². The number of hydrogen-bond donors (Lipinski definition) is 0. The minimum Gasteiger partial charge on any atom is -0.310 e. The van der Waals surface area contributed by atoms with Crippen molar-refractivity contribution in [1.82, 2.24) is 9.13 Å². The summed E-state index contributed by atoms with van der Waals surface area (Å²) in [5.74, 6) is 0. The normalized spacial score (nSPS) is 11.9. The summed E-state index contributed by atoms with van der Waals surface area (Å²) < 4.78 is 7.40. The molecule has 0 atom stereocenters. The third-order valence-electron chi connectivity index (χ3n) is 11.5. The zero-order valence-electron chi connectivity index (χ0n) is 30.3. The maximum atomic E-state index is 2.42. The molecule has 56 heavy (non-hydrogen) atoms. The van der Waals surface area contributed by atoms with E-state index in [2.05, 4.69) is 214 Å². The number of para-hydroxylation sites is 3. The van der Waals surface area contributed by atoms with Gasteiger partial charge in [-0.1, -0.05) is 115 Å². The van der Waals surface area contributed by atoms with Crippen molar-refractivity contribution in [1.29, 1.82) is 0 Å². The van der Waals surface area contributed by atoms with E-state index in [4.69, 9.17) is 0 Å². The Labute approximate surface area is 327 Å². The van der Waals surface area contributed by atoms with Gasteiger partial charge in [-0.15, -0.1) is 11.3 Å². The molecule has 3 heterocycles. The van der Waals surface area contributed by atoms with Crippen LogP contribution in [0.4, 0.5) is 17.1 Å². The van der Waals surface area contributed by atoms with Crippen LogP contribution < -0.4 is 4.90 Å². The van der Waals surface area contributed by atoms with Gasteiger partial charge in [0.25, 0.3) is 0 Å². The van der Waals surface area contributed by atoms with Crippen LogP contribution in [0.1, 0.15) is 0 Å². The van der Waals surface area contributed by atoms with E-state index in [0.29, 0.717) is 0 Å². The molecule has 4 heteroatoms. The Balaban J connectivity index is 1.07. The van der Waals surface area contributed by atoms with Gasteiger partial charge in [-0.3, -0.25) is 0 Å². The minimum atomic E-state index is 1.10. The zero-order valence-corrected chi connectivity index (χ0v) is 31.1. The van der Waals surface area contributed by atoms with Crippen molar-refractivity contribution in [3.63, 3.8) is 0 Å². The quantitative estimate of drug-likeness (QED) is 0.172. The average molecular weight is 732 g/mol. The van der Waals surface area contributed by atoms with Gasteiger partial charge < -0.3 is 14.0 Å². The fourth-order valence-corrected chi connectivity index (χ4v) is 10.2. The Morgan fingerprint density at radius 1 is 0.321 bits per heavy atom. The molecular formula is C52H33N3S. The molecule has 0 aliphatic carbocycles. The highest BCUT2D eigenvalue weighted by molar-refractivity contribution is 7.25. The molecule has 0 radical (unpaired) electrons. The summed E-state index contributed by atoms with van der Waals surface area (Å²) in [5.41, 5.74) is 10.4. The van der Waals surface area contributed by atoms with Crippen LogP contribution in [0, 0.1) is 0 Å². The highest BCUT2D eigenvalue weighted by Gasteiger charge is 2.20. The van der Waals surface area contributed by atoms with E-state index in [-0.39, 0.29) is 0 Å². The number of benzene rings is 9. The van der Waals surface area contributed by atoms with E-state index < -0.39 is 0 Å². The zero-order chi connectivity index (χ0) is 36.7. The van der Waals surface area contributed by atoms with Gasteiger partial charge in [0.2, 0.25) is 0 Å². The monoisotopic (exact) mass is 731 g/mol. The molecule has 0 aliphatic rings. The molecule has 0 fully saturated rings. The molecule has 12 aromatic rings. The molecule has 0 unspecified atom stereocenters. The summed E-state index contributed by atoms with van der Waals surface area (Å²) in [6.45, 7) is 0. The Morgan fingerprint density at radius 3 is 1.70 bits per heavy atom. The summed E-state index contributed by atoms with van der Waals surface area (Å²) >= 11 is 1.86. The second-order valence-corrected chi connectivity index (χ2v) is 15.6. The first-order chi connectivity index (χ1) is 27.8. The SMILES string of the molecule is c1ccc(-n2c3ccccc3c3ccc(N(c4ccc(-n5c6ccccc6c6c7ccccc7ccc65)cc4)c4ccc5c(c4)sc4ccccc45)cc32)cc1. The summed E-state index contributed by atoms with van der Waals surface area (Å²) in [6, 6.07) is 73.2. The maximum absolute atomic E-state index is 2.42. The maximum Gasteiger partial charge on any atom is 0.0561 e. The van der Waals surface area contributed by atoms with Gasteiger partial charge in [0.05, 0.1) is 22.1 Å². The highest BCUT2D eigenvalue weighted by Crippen LogP contribution is 2.44. The average Bonchev–Trinajstić information content (AvgIpc) is 3.92. The van der Waals surface area contributed by atoms with Gasteiger partial charge in [-0.2, -0.15) is 0 Å². The first kappa shape index (κ1) is 31.2. The largest absolute Gasteiger partial charge is 0.310 e. The fourth-order valence-electron chi connectivity index (χ4n) is 9.02. The lowest BCUT2D eigenvalue weighted by Gasteiger charge is -2.26. The molecule has 0 saturated heterocycles. The predicted octanol–water partition coefficient (Wildman–Crippen LogP) is 14.9. The topological polar surface area (TPSA) is 13.1 Å². The molecule has 3 nitrogen and oxygen atoms in total. The smallest absolute Gasteiger partial charge is 0.0561 e. The second-order valence-electron chi connectivity index (χ2n) is 14.6. The molecule has 0 spiro atoms. The number of thiophene rings is 1. The van der Waals surface area contributed by atoms with Crippen LogP contribution in [0.5, 0.6) is 0 Å². The van der Waals surface area contributed by atoms with Crippen LogP contribution in [-0.2, 0) is 0 Å². The van der Waals surface area contributed by atoms with E-state index in [1.54, 1.807) is 0 Å². The lowest BCUT2D eigenvalue weighted by molar-refractivity contribution is 1.17. The number of hydrogen-bond acceptors (Lipinski definition) is 2. The van der Waals surface area contributed by atoms with Crippen molar-refractivity contribution >= 4 is 103 Å². The number of aromatic nitrogens is 2. The number of nitrogens with zero attached hydrogens (tertiary/aromatic N) is 3. The lowest BCUT2D eigenvalue weighted by atomic mass is 10.0. The van der Waals surface area contributed by atoms with Gasteiger partial charge in [-0.25, -0.2) is 0 Å². The third-order valence-corrected chi connectivity index (χ3v) is 12.6. The summed E-state index contributed by atoms with van der Waals surface area (Å²) in [4.78, 5) is 2.42. The van der Waals surface area contributed by atoms with Crippen molar-refractivity contribution in [2.24, 2.45) is 0 Å². The molecular weight excluding hydrogens is 699 g/mol. The van der Waals surface area contributed by atoms with E-state index in [9.17, 15) is 0 Å². The van der Waals surface area contributed by atoms with Crippen LogP contribution >= 0.6 is 11.3 Å². The van der Waals surface area contributed by atoms with E-state index in [0.717, 1.165) is 28.4 Å². The summed E-state index contributed by atoms with van der Waals surface area (Å²) in [7, 11) is 0. The molecule has 0 amide bonds. The van der Waals surface area contributed by atoms with Crippen LogP contribution in [0.15, 0.2) is 200 Å². The van der Waals surface area contributed by atoms with Gasteiger partial charge in [0, 0.05) is 70.2 Å². The van der Waals surface area contributed by atoms with Crippen molar-refractivity contribution in [3.05, 3.63) is 200 Å². The molecule has 9 aromatic carbocycles. The molecule has 0 bridgehead atoms. The summed E-state index contributed by atoms with van der Waals surface area (Å²) in [6.07, 6.45) is 0. The number of fused-ring (bicyclic) bond motifs is 11. The van der Waals surface area contributed by atoms with Crippen LogP contribution in [0.3, 0.4) is 0 Å². The Bertz CT molecular complexity index is 3480. The Morgan fingerprint density at radius 2 is 0.875 bits per heavy atom. The van der Waals surface area contributed by atoms with E-state index in [1.807, 2.05) is 11.3 Å². The molecule has 3 aromatic heterocycles. The fraction of sp³-hybridized carbons (Fsp3) is 0. The van der Waals surface area contributed by atoms with Gasteiger partial charge in [0.1, 0.15) is 0 Å². The number of anilines is 3. The minimum absolute atomic E-state index is 1.10. The lowest BCUT2D eigenvalue weighted by Crippen LogP contribution is -2.10. The van der Waals surface area contributed by atoms with Crippen molar-refractivity contribution < 1.29 is 0 Å². The standard InChI is InChI=1S/C52H33N3S/c1-2-13-35(14-3-1)55-46-19-9-6-16-41(46)42-29-27-38(32-49(42)55)53(39-28-30-44-43-17-8-11-21-50(43)56-51(44)33-39)36-23-25-37(26-24-36)54-47-20-10-7-18-45(47)52-40-15-5-4-12-34(40)22-31-48(52)54/h1-33H. The van der Waals surface area contributed by atoms with Crippen LogP contribution in [0.2, 0.25) is 0 Å². The Kier molecular flexibility index (Phi) is 6.80. The van der Waals surface area contributed by atoms with Crippen molar-refractivity contribution in [2.45, 2.75) is 0 Å². The number of rotatable bonds is 5. The van der Waals surface area contributed by atoms with E-state index >= 15 is 0 Å². The molecule has 0 aliphatic heterocycles. The second kappa shape index (κ2) is 12.2. The molecule has 262 valence electrons. The Hall–Kier alpha value is -7.14. The molecule has 0 saturated carbocycles. The van der Waals surface area contributed by atoms with Crippen molar-refractivity contribution in [2.75, 3.05) is 4.90 Å². The molecule has 0 N–H and O–H groups in total. The van der Waals surface area contributed by atoms with Crippen LogP contribution in [-0.4, -0.2) is 9.13 Å². The predicted molar refractivity (Wildman–Crippen MR) is 240 cm³/mol. The van der Waals surface area contributed by atoms with E-state index in [1.165, 1.54) is 74.6 Å². The van der Waals surface area contributed by atoms with Crippen molar-refractivity contribution in [3.8, 4) is 11.4 Å². The highest BCUT2D eigenvalue weighted by atomic mass is 32.1. The van der Waals surface area contributed by atoms with Crippen LogP contribution in [0.25, 0.3) is 85.9 Å². The van der Waals surface area contributed by atoms with Gasteiger partial charge in [0.15, 0.2) is 0 Å².